The van der Waals surface area contributed by atoms with E-state index in [0.717, 1.165) is 5.69 Å². The van der Waals surface area contributed by atoms with Crippen molar-refractivity contribution < 1.29 is 13.2 Å². The number of aromatic nitrogens is 2. The van der Waals surface area contributed by atoms with Gasteiger partial charge in [0, 0.05) is 38.0 Å². The number of sulfonamides is 1. The van der Waals surface area contributed by atoms with Crippen molar-refractivity contribution in [3.63, 3.8) is 0 Å². The molecule has 0 fully saturated rings. The Labute approximate surface area is 206 Å². The maximum atomic E-state index is 13.1. The topological polar surface area (TPSA) is 105 Å². The van der Waals surface area contributed by atoms with Gasteiger partial charge in [0.05, 0.1) is 34.5 Å². The number of benzene rings is 2. The normalized spacial score (nSPS) is 11.7. The monoisotopic (exact) mass is 499 g/mol. The highest BCUT2D eigenvalue weighted by Crippen LogP contribution is 2.30. The van der Waals surface area contributed by atoms with Crippen LogP contribution in [0.3, 0.4) is 0 Å². The molecular weight excluding hydrogens is 466 g/mol. The van der Waals surface area contributed by atoms with Crippen molar-refractivity contribution in [3.05, 3.63) is 58.9 Å². The lowest BCUT2D eigenvalue weighted by Gasteiger charge is -2.26. The highest BCUT2D eigenvalue weighted by Gasteiger charge is 2.24. The van der Waals surface area contributed by atoms with Gasteiger partial charge < -0.3 is 10.2 Å². The third-order valence-corrected chi connectivity index (χ3v) is 8.05. The lowest BCUT2D eigenvalue weighted by atomic mass is 10.2. The average molecular weight is 500 g/mol. The summed E-state index contributed by atoms with van der Waals surface area (Å²) in [7, 11) is -3.68. The minimum Gasteiger partial charge on any atom is -0.370 e. The van der Waals surface area contributed by atoms with Gasteiger partial charge in [-0.2, -0.15) is 9.40 Å². The van der Waals surface area contributed by atoms with E-state index in [9.17, 15) is 18.0 Å². The Hall–Kier alpha value is -3.24. The Kier molecular flexibility index (Phi) is 8.63. The molecule has 188 valence electrons. The number of para-hydroxylation sites is 1. The van der Waals surface area contributed by atoms with Gasteiger partial charge in [-0.1, -0.05) is 26.0 Å². The van der Waals surface area contributed by atoms with Crippen LogP contribution in [0.2, 0.25) is 0 Å². The van der Waals surface area contributed by atoms with Crippen LogP contribution < -0.4 is 15.6 Å². The summed E-state index contributed by atoms with van der Waals surface area (Å²) in [6.45, 7) is 9.99. The van der Waals surface area contributed by atoms with E-state index in [1.165, 1.54) is 16.6 Å². The number of hydrogen-bond acceptors (Lipinski definition) is 6. The molecule has 1 heterocycles. The van der Waals surface area contributed by atoms with Crippen LogP contribution in [0, 0.1) is 0 Å². The van der Waals surface area contributed by atoms with Crippen molar-refractivity contribution >= 4 is 38.2 Å². The number of rotatable bonds is 11. The first-order valence-electron chi connectivity index (χ1n) is 11.9. The molecule has 35 heavy (non-hydrogen) atoms. The molecule has 9 nitrogen and oxygen atoms in total. The molecule has 0 saturated heterocycles. The second-order valence-corrected chi connectivity index (χ2v) is 9.93. The Bertz CT molecular complexity index is 1350. The predicted octanol–water partition coefficient (Wildman–Crippen LogP) is 3.30. The average Bonchev–Trinajstić information content (AvgIpc) is 2.86. The number of aryl methyl sites for hydroxylation is 1. The van der Waals surface area contributed by atoms with E-state index >= 15 is 0 Å². The van der Waals surface area contributed by atoms with Crippen molar-refractivity contribution in [2.45, 2.75) is 45.6 Å². The lowest BCUT2D eigenvalue weighted by molar-refractivity contribution is -0.116. The number of amides is 1. The van der Waals surface area contributed by atoms with Gasteiger partial charge in [-0.3, -0.25) is 14.3 Å². The van der Waals surface area contributed by atoms with Gasteiger partial charge in [-0.25, -0.2) is 8.42 Å². The molecule has 10 heteroatoms. The van der Waals surface area contributed by atoms with Crippen molar-refractivity contribution in [2.75, 3.05) is 36.4 Å². The molecule has 1 N–H and O–H groups in total. The van der Waals surface area contributed by atoms with Crippen LogP contribution in [0.1, 0.15) is 34.1 Å². The van der Waals surface area contributed by atoms with E-state index < -0.39 is 10.0 Å². The van der Waals surface area contributed by atoms with Crippen molar-refractivity contribution in [1.29, 1.82) is 0 Å². The Morgan fingerprint density at radius 2 is 1.69 bits per heavy atom. The minimum atomic E-state index is -3.68. The first kappa shape index (κ1) is 26.4. The minimum absolute atomic E-state index is 0.102. The molecule has 3 aromatic rings. The first-order valence-corrected chi connectivity index (χ1v) is 13.3. The van der Waals surface area contributed by atoms with Gasteiger partial charge in [0.1, 0.15) is 0 Å². The molecule has 0 atom stereocenters. The largest absolute Gasteiger partial charge is 0.370 e. The fraction of sp³-hybridized carbons (Fsp3) is 0.400. The van der Waals surface area contributed by atoms with Crippen molar-refractivity contribution in [3.8, 4) is 0 Å². The fourth-order valence-corrected chi connectivity index (χ4v) is 5.57. The van der Waals surface area contributed by atoms with E-state index in [0.29, 0.717) is 42.8 Å². The van der Waals surface area contributed by atoms with Gasteiger partial charge in [0.2, 0.25) is 21.4 Å². The number of nitrogens with zero attached hydrogens (tertiary/aromatic N) is 4. The zero-order valence-electron chi connectivity index (χ0n) is 20.7. The summed E-state index contributed by atoms with van der Waals surface area (Å²) in [5, 5.41) is 7.63. The fourth-order valence-electron chi connectivity index (χ4n) is 4.09. The maximum Gasteiger partial charge on any atom is 0.243 e. The summed E-state index contributed by atoms with van der Waals surface area (Å²) >= 11 is 0. The second-order valence-electron chi connectivity index (χ2n) is 7.99. The molecule has 1 amide bonds. The van der Waals surface area contributed by atoms with Gasteiger partial charge >= 0.3 is 0 Å². The molecule has 0 unspecified atom stereocenters. The van der Waals surface area contributed by atoms with Crippen LogP contribution >= 0.6 is 0 Å². The molecule has 0 bridgehead atoms. The molecule has 0 spiro atoms. The number of hydrogen-bond donors (Lipinski definition) is 1. The Balaban J connectivity index is 1.89. The summed E-state index contributed by atoms with van der Waals surface area (Å²) in [6.07, 6.45) is 1.35. The number of anilines is 2. The van der Waals surface area contributed by atoms with Gasteiger partial charge in [-0.05, 0) is 44.2 Å². The summed E-state index contributed by atoms with van der Waals surface area (Å²) in [5.41, 5.74) is 1.69. The standard InChI is InChI=1S/C25H33N5O4S/c1-5-28(6-2)23-14-13-19(35(33,34)29(7-3)8-4)17-21(23)27-25(32)15-16-30-22-12-10-9-11-20(22)24(31)18-26-30/h9-14,17-18H,5-8,15-16H2,1-4H3,(H,27,32). The lowest BCUT2D eigenvalue weighted by Crippen LogP contribution is -2.31. The molecule has 3 rings (SSSR count). The Morgan fingerprint density at radius 1 is 1.00 bits per heavy atom. The number of nitrogens with one attached hydrogen (secondary N) is 1. The number of carbonyl (C=O) groups excluding carboxylic acids is 1. The number of fused-ring (bicyclic) bond motifs is 1. The molecule has 0 aliphatic heterocycles. The van der Waals surface area contributed by atoms with Crippen LogP contribution in [0.4, 0.5) is 11.4 Å². The highest BCUT2D eigenvalue weighted by atomic mass is 32.2. The van der Waals surface area contributed by atoms with E-state index in [4.69, 9.17) is 0 Å². The summed E-state index contributed by atoms with van der Waals surface area (Å²) < 4.78 is 29.2. The molecule has 0 saturated carbocycles. The van der Waals surface area contributed by atoms with Crippen LogP contribution in [0.25, 0.3) is 10.9 Å². The summed E-state index contributed by atoms with van der Waals surface area (Å²) in [6, 6.07) is 12.0. The van der Waals surface area contributed by atoms with Crippen molar-refractivity contribution in [2.24, 2.45) is 0 Å². The SMILES string of the molecule is CCN(CC)c1ccc(S(=O)(=O)N(CC)CC)cc1NC(=O)CCn1ncc(=O)c2ccccc21. The van der Waals surface area contributed by atoms with Gasteiger partial charge in [0.15, 0.2) is 0 Å². The van der Waals surface area contributed by atoms with E-state index in [2.05, 4.69) is 15.3 Å². The van der Waals surface area contributed by atoms with Crippen molar-refractivity contribution in [1.82, 2.24) is 14.1 Å². The van der Waals surface area contributed by atoms with E-state index in [-0.39, 0.29) is 29.2 Å². The smallest absolute Gasteiger partial charge is 0.243 e. The van der Waals surface area contributed by atoms with Gasteiger partial charge in [0.25, 0.3) is 0 Å². The van der Waals surface area contributed by atoms with Crippen LogP contribution in [0.15, 0.2) is 58.4 Å². The molecule has 0 aliphatic rings. The predicted molar refractivity (Wildman–Crippen MR) is 139 cm³/mol. The van der Waals surface area contributed by atoms with E-state index in [1.54, 1.807) is 48.9 Å². The number of carbonyl (C=O) groups is 1. The molecular formula is C25H33N5O4S. The molecule has 0 radical (unpaired) electrons. The third kappa shape index (κ3) is 5.71. The zero-order valence-corrected chi connectivity index (χ0v) is 21.5. The summed E-state index contributed by atoms with van der Waals surface area (Å²) in [4.78, 5) is 27.2. The quantitative estimate of drug-likeness (QED) is 0.434. The molecule has 0 aliphatic carbocycles. The van der Waals surface area contributed by atoms with E-state index in [1.807, 2.05) is 19.9 Å². The Morgan fingerprint density at radius 3 is 2.34 bits per heavy atom. The van der Waals surface area contributed by atoms with Gasteiger partial charge in [-0.15, -0.1) is 0 Å². The molecule has 2 aromatic carbocycles. The maximum absolute atomic E-state index is 13.1. The van der Waals surface area contributed by atoms with Crippen LogP contribution in [-0.2, 0) is 21.4 Å². The zero-order chi connectivity index (χ0) is 25.6. The van der Waals surface area contributed by atoms with Crippen LogP contribution in [0.5, 0.6) is 0 Å². The third-order valence-electron chi connectivity index (χ3n) is 6.00. The summed E-state index contributed by atoms with van der Waals surface area (Å²) in [5.74, 6) is -0.277. The highest BCUT2D eigenvalue weighted by molar-refractivity contribution is 7.89. The van der Waals surface area contributed by atoms with Crippen LogP contribution in [-0.4, -0.2) is 54.6 Å². The second kappa shape index (κ2) is 11.5. The molecule has 1 aromatic heterocycles. The first-order chi connectivity index (χ1) is 16.8.